The van der Waals surface area contributed by atoms with Crippen molar-refractivity contribution in [1.82, 2.24) is 9.88 Å². The quantitative estimate of drug-likeness (QED) is 0.884. The molecule has 1 fully saturated rings. The van der Waals surface area contributed by atoms with Gasteiger partial charge >= 0.3 is 0 Å². The van der Waals surface area contributed by atoms with Gasteiger partial charge in [0.1, 0.15) is 0 Å². The minimum Gasteiger partial charge on any atom is -0.317 e. The number of halogens is 2. The summed E-state index contributed by atoms with van der Waals surface area (Å²) in [5.41, 5.74) is 0.000956. The van der Waals surface area contributed by atoms with Gasteiger partial charge in [0, 0.05) is 23.8 Å². The van der Waals surface area contributed by atoms with Gasteiger partial charge in [-0.15, -0.1) is 12.4 Å². The molecule has 0 radical (unpaired) electrons. The number of piperidine rings is 1. The van der Waals surface area contributed by atoms with E-state index in [2.05, 4.69) is 5.32 Å². The first-order valence-electron chi connectivity index (χ1n) is 5.32. The first kappa shape index (κ1) is 13.6. The van der Waals surface area contributed by atoms with E-state index in [4.69, 9.17) is 11.6 Å². The molecule has 16 heavy (non-hydrogen) atoms. The highest BCUT2D eigenvalue weighted by molar-refractivity contribution is 6.30. The van der Waals surface area contributed by atoms with Crippen LogP contribution in [-0.4, -0.2) is 17.7 Å². The summed E-state index contributed by atoms with van der Waals surface area (Å²) in [6.07, 6.45) is 4.08. The molecule has 1 aromatic heterocycles. The molecule has 1 aliphatic rings. The van der Waals surface area contributed by atoms with E-state index in [-0.39, 0.29) is 18.0 Å². The van der Waals surface area contributed by atoms with Crippen molar-refractivity contribution in [3.05, 3.63) is 33.7 Å². The van der Waals surface area contributed by atoms with Gasteiger partial charge < -0.3 is 9.88 Å². The molecule has 0 atom stereocenters. The lowest BCUT2D eigenvalue weighted by Gasteiger charge is -2.23. The molecule has 2 rings (SSSR count). The topological polar surface area (TPSA) is 34.0 Å². The van der Waals surface area contributed by atoms with Gasteiger partial charge in [-0.3, -0.25) is 4.79 Å². The fraction of sp³-hybridized carbons (Fsp3) is 0.545. The molecule has 1 aliphatic heterocycles. The second-order valence-corrected chi connectivity index (χ2v) is 4.47. The van der Waals surface area contributed by atoms with Crippen molar-refractivity contribution >= 4 is 24.0 Å². The first-order valence-corrected chi connectivity index (χ1v) is 5.70. The maximum atomic E-state index is 11.6. The Kier molecular flexibility index (Phi) is 5.32. The van der Waals surface area contributed by atoms with Gasteiger partial charge in [0.2, 0.25) is 0 Å². The standard InChI is InChI=1S/C11H15ClN2O.ClH/c12-10-3-6-14(11(15)7-10)8-9-1-4-13-5-2-9;/h3,6-7,9,13H,1-2,4-5,8H2;1H. The Morgan fingerprint density at radius 2 is 2.12 bits per heavy atom. The molecule has 1 aromatic rings. The zero-order chi connectivity index (χ0) is 10.7. The average Bonchev–Trinajstić information content (AvgIpc) is 2.24. The van der Waals surface area contributed by atoms with E-state index in [0.717, 1.165) is 32.5 Å². The second-order valence-electron chi connectivity index (χ2n) is 4.03. The smallest absolute Gasteiger partial charge is 0.252 e. The van der Waals surface area contributed by atoms with Crippen LogP contribution in [-0.2, 0) is 6.54 Å². The van der Waals surface area contributed by atoms with Crippen LogP contribution >= 0.6 is 24.0 Å². The van der Waals surface area contributed by atoms with Crippen molar-refractivity contribution in [2.75, 3.05) is 13.1 Å². The van der Waals surface area contributed by atoms with E-state index in [0.29, 0.717) is 10.9 Å². The molecule has 2 heterocycles. The van der Waals surface area contributed by atoms with Crippen molar-refractivity contribution in [2.45, 2.75) is 19.4 Å². The van der Waals surface area contributed by atoms with Crippen LogP contribution in [0.2, 0.25) is 5.02 Å². The Labute approximate surface area is 106 Å². The van der Waals surface area contributed by atoms with Crippen LogP contribution in [0.5, 0.6) is 0 Å². The summed E-state index contributed by atoms with van der Waals surface area (Å²) in [5.74, 6) is 0.616. The van der Waals surface area contributed by atoms with E-state index in [1.807, 2.05) is 0 Å². The predicted molar refractivity (Wildman–Crippen MR) is 68.6 cm³/mol. The summed E-state index contributed by atoms with van der Waals surface area (Å²) in [6, 6.07) is 3.24. The Hall–Kier alpha value is -0.510. The third-order valence-corrected chi connectivity index (χ3v) is 3.11. The van der Waals surface area contributed by atoms with E-state index in [1.54, 1.807) is 16.8 Å². The number of aromatic nitrogens is 1. The lowest BCUT2D eigenvalue weighted by molar-refractivity contribution is 0.330. The van der Waals surface area contributed by atoms with Crippen molar-refractivity contribution < 1.29 is 0 Å². The van der Waals surface area contributed by atoms with Crippen molar-refractivity contribution in [2.24, 2.45) is 5.92 Å². The normalized spacial score (nSPS) is 16.8. The highest BCUT2D eigenvalue weighted by Gasteiger charge is 2.13. The van der Waals surface area contributed by atoms with Crippen LogP contribution in [0.3, 0.4) is 0 Å². The SMILES string of the molecule is Cl.O=c1cc(Cl)ccn1CC1CCNCC1. The van der Waals surface area contributed by atoms with E-state index in [1.165, 1.54) is 6.07 Å². The summed E-state index contributed by atoms with van der Waals surface area (Å²) < 4.78 is 1.75. The summed E-state index contributed by atoms with van der Waals surface area (Å²) >= 11 is 5.74. The summed E-state index contributed by atoms with van der Waals surface area (Å²) in [4.78, 5) is 11.6. The van der Waals surface area contributed by atoms with Crippen molar-refractivity contribution in [1.29, 1.82) is 0 Å². The summed E-state index contributed by atoms with van der Waals surface area (Å²) in [7, 11) is 0. The molecule has 0 unspecified atom stereocenters. The van der Waals surface area contributed by atoms with Gasteiger partial charge in [-0.2, -0.15) is 0 Å². The molecule has 3 nitrogen and oxygen atoms in total. The molecule has 90 valence electrons. The number of hydrogen-bond donors (Lipinski definition) is 1. The van der Waals surface area contributed by atoms with Crippen LogP contribution < -0.4 is 10.9 Å². The Balaban J connectivity index is 0.00000128. The van der Waals surface area contributed by atoms with E-state index < -0.39 is 0 Å². The Bertz CT molecular complexity index is 386. The number of rotatable bonds is 2. The maximum absolute atomic E-state index is 11.6. The molecule has 0 aliphatic carbocycles. The molecule has 5 heteroatoms. The van der Waals surface area contributed by atoms with Crippen molar-refractivity contribution in [3.63, 3.8) is 0 Å². The highest BCUT2D eigenvalue weighted by Crippen LogP contribution is 2.13. The fourth-order valence-electron chi connectivity index (χ4n) is 1.98. The molecule has 1 saturated heterocycles. The van der Waals surface area contributed by atoms with Crippen LogP contribution in [0.1, 0.15) is 12.8 Å². The lowest BCUT2D eigenvalue weighted by Crippen LogP contribution is -2.32. The molecule has 0 aromatic carbocycles. The van der Waals surface area contributed by atoms with Gasteiger partial charge in [-0.05, 0) is 37.9 Å². The third kappa shape index (κ3) is 3.51. The van der Waals surface area contributed by atoms with Crippen LogP contribution in [0.25, 0.3) is 0 Å². The lowest BCUT2D eigenvalue weighted by atomic mass is 9.98. The van der Waals surface area contributed by atoms with Crippen LogP contribution in [0.4, 0.5) is 0 Å². The summed E-state index contributed by atoms with van der Waals surface area (Å²) in [5, 5.41) is 3.83. The predicted octanol–water partition coefficient (Wildman–Crippen LogP) is 1.92. The molecule has 0 saturated carbocycles. The van der Waals surface area contributed by atoms with Crippen molar-refractivity contribution in [3.8, 4) is 0 Å². The van der Waals surface area contributed by atoms with E-state index in [9.17, 15) is 4.79 Å². The second kappa shape index (κ2) is 6.28. The number of nitrogens with zero attached hydrogens (tertiary/aromatic N) is 1. The molecular formula is C11H16Cl2N2O. The maximum Gasteiger partial charge on any atom is 0.252 e. The minimum atomic E-state index is 0. The monoisotopic (exact) mass is 262 g/mol. The molecule has 0 bridgehead atoms. The molecule has 0 spiro atoms. The zero-order valence-corrected chi connectivity index (χ0v) is 10.6. The Morgan fingerprint density at radius 3 is 2.75 bits per heavy atom. The van der Waals surface area contributed by atoms with Gasteiger partial charge in [0.15, 0.2) is 0 Å². The van der Waals surface area contributed by atoms with Gasteiger partial charge in [-0.25, -0.2) is 0 Å². The van der Waals surface area contributed by atoms with Crippen LogP contribution in [0, 0.1) is 5.92 Å². The summed E-state index contributed by atoms with van der Waals surface area (Å²) in [6.45, 7) is 2.94. The van der Waals surface area contributed by atoms with Crippen LogP contribution in [0.15, 0.2) is 23.1 Å². The first-order chi connectivity index (χ1) is 7.25. The molecule has 0 amide bonds. The van der Waals surface area contributed by atoms with E-state index >= 15 is 0 Å². The largest absolute Gasteiger partial charge is 0.317 e. The zero-order valence-electron chi connectivity index (χ0n) is 8.99. The highest BCUT2D eigenvalue weighted by atomic mass is 35.5. The average molecular weight is 263 g/mol. The minimum absolute atomic E-state index is 0. The van der Waals surface area contributed by atoms with Gasteiger partial charge in [0.05, 0.1) is 0 Å². The molecular weight excluding hydrogens is 247 g/mol. The number of pyridine rings is 1. The third-order valence-electron chi connectivity index (χ3n) is 2.87. The fourth-order valence-corrected chi connectivity index (χ4v) is 2.13. The number of nitrogens with one attached hydrogen (secondary N) is 1. The van der Waals surface area contributed by atoms with Gasteiger partial charge in [0.25, 0.3) is 5.56 Å². The Morgan fingerprint density at radius 1 is 1.44 bits per heavy atom. The van der Waals surface area contributed by atoms with Gasteiger partial charge in [-0.1, -0.05) is 11.6 Å². The molecule has 1 N–H and O–H groups in total. The number of hydrogen-bond acceptors (Lipinski definition) is 2.